The third-order valence-electron chi connectivity index (χ3n) is 28.7. The Morgan fingerprint density at radius 1 is 0.260 bits per heavy atom. The molecule has 36 nitrogen and oxygen atoms in total. The first-order chi connectivity index (χ1) is 70.7. The predicted octanol–water partition coefficient (Wildman–Crippen LogP) is 16.3. The number of aliphatic hydroxyl groups is 3. The van der Waals surface area contributed by atoms with Gasteiger partial charge in [-0.3, -0.25) is 38.4 Å². The fraction of sp³-hybridized carbons (Fsp3) is 0.927. The lowest BCUT2D eigenvalue weighted by Gasteiger charge is -2.39. The zero-order chi connectivity index (χ0) is 114. The lowest BCUT2D eigenvalue weighted by molar-refractivity contribution is -0.929. The van der Waals surface area contributed by atoms with Crippen LogP contribution in [0.25, 0.3) is 0 Å². The van der Waals surface area contributed by atoms with Gasteiger partial charge in [-0.15, -0.1) is 0 Å². The molecule has 150 heavy (non-hydrogen) atoms. The topological polar surface area (TPSA) is 529 Å². The second-order valence-electron chi connectivity index (χ2n) is 43.0. The highest BCUT2D eigenvalue weighted by Crippen LogP contribution is 2.30. The van der Waals surface area contributed by atoms with E-state index in [0.717, 1.165) is 76.7 Å². The van der Waals surface area contributed by atoms with Crippen LogP contribution in [-0.2, 0) is 113 Å². The van der Waals surface area contributed by atoms with Crippen LogP contribution < -0.4 is 0 Å². The minimum atomic E-state index is -4.38. The lowest BCUT2D eigenvalue weighted by Crippen LogP contribution is -2.50. The number of Topliss-reactive ketones (excluding diaryl/α,β-unsaturated/α-hetero) is 3. The van der Waals surface area contributed by atoms with Crippen molar-refractivity contribution in [2.24, 2.45) is 29.6 Å². The molecule has 892 valence electrons. The summed E-state index contributed by atoms with van der Waals surface area (Å²) in [5, 5.41) is 26.0. The second kappa shape index (κ2) is 90.4. The maximum Gasteiger partial charge on any atom is 0.316 e. The third kappa shape index (κ3) is 86.6. The molecule has 0 bridgehead atoms. The number of aliphatic hydroxyl groups excluding tert-OH is 3. The van der Waals surface area contributed by atoms with Gasteiger partial charge < -0.3 is 84.2 Å². The third-order valence-corrected chi connectivity index (χ3v) is 32.2. The SMILES string of the molecule is CCCC[N+](CCCC)(CCCC)CCCC.CCCC[N+](CCCC)(CCCC)CCCC.CCCC[N+](CCCC)(CCCC)CCCC.C[N+](C)(C)C1CCCCC1.C[N+](CCO)(CCO)CCO.O=C(OCCS(=O)(=O)[O-])C1CCCC1.O=C(OCCS(=O)(=O)[O-])C1CCCCC1.O=C1CCC(C(=O)OCCCS(=O)(=O)[O-])CC1.O=C1CCC(C(=O)OCCS(=O)(=O)[O-])CC1.O=C1CCCCC1C(=O)OCCS(=O)(=O)[O-]. The van der Waals surface area contributed by atoms with Gasteiger partial charge in [0.05, 0.1) is 236 Å². The van der Waals surface area contributed by atoms with E-state index in [1.165, 1.54) is 283 Å². The van der Waals surface area contributed by atoms with Crippen molar-refractivity contribution in [2.75, 3.05) is 208 Å². The summed E-state index contributed by atoms with van der Waals surface area (Å²) >= 11 is 0. The van der Waals surface area contributed by atoms with Gasteiger partial charge >= 0.3 is 29.8 Å². The van der Waals surface area contributed by atoms with Gasteiger partial charge in [-0.1, -0.05) is 205 Å². The molecule has 0 aliphatic heterocycles. The van der Waals surface area contributed by atoms with Crippen LogP contribution in [0.5, 0.6) is 0 Å². The number of carbonyl (C=O) groups is 8. The largest absolute Gasteiger partial charge is 0.748 e. The van der Waals surface area contributed by atoms with E-state index in [-0.39, 0.29) is 99.0 Å². The van der Waals surface area contributed by atoms with Gasteiger partial charge in [0.15, 0.2) is 0 Å². The Hall–Kier alpha value is -4.41. The van der Waals surface area contributed by atoms with Crippen LogP contribution in [0.3, 0.4) is 0 Å². The maximum absolute atomic E-state index is 11.5. The van der Waals surface area contributed by atoms with E-state index in [0.29, 0.717) is 88.3 Å². The zero-order valence-electron chi connectivity index (χ0n) is 96.4. The molecule has 6 saturated carbocycles. The second-order valence-corrected chi connectivity index (χ2v) is 50.6. The highest BCUT2D eigenvalue weighted by atomic mass is 32.2. The molecular formula is C109H215N5O31S5. The monoisotopic (exact) mass is 2250 g/mol. The Bertz CT molecular complexity index is 3810. The molecule has 3 N–H and O–H groups in total. The number of unbranched alkanes of at least 4 members (excludes halogenated alkanes) is 12. The maximum atomic E-state index is 11.5. The van der Waals surface area contributed by atoms with Crippen LogP contribution in [0.15, 0.2) is 0 Å². The van der Waals surface area contributed by atoms with E-state index in [1.807, 2.05) is 7.05 Å². The van der Waals surface area contributed by atoms with E-state index in [2.05, 4.69) is 118 Å². The Labute approximate surface area is 910 Å². The number of rotatable bonds is 64. The summed E-state index contributed by atoms with van der Waals surface area (Å²) in [7, 11) is -12.7. The summed E-state index contributed by atoms with van der Waals surface area (Å²) in [6.07, 6.45) is 54.7. The summed E-state index contributed by atoms with van der Waals surface area (Å²) in [6, 6.07) is 0.939. The first-order valence-corrected chi connectivity index (χ1v) is 65.6. The van der Waals surface area contributed by atoms with Crippen LogP contribution in [-0.4, -0.2) is 364 Å². The number of quaternary nitrogens is 5. The van der Waals surface area contributed by atoms with Gasteiger partial charge in [-0.25, -0.2) is 42.1 Å². The van der Waals surface area contributed by atoms with Crippen LogP contribution in [0, 0.1) is 29.6 Å². The molecule has 0 amide bonds. The van der Waals surface area contributed by atoms with E-state index >= 15 is 0 Å². The van der Waals surface area contributed by atoms with E-state index in [4.69, 9.17) is 24.8 Å². The van der Waals surface area contributed by atoms with Crippen molar-refractivity contribution in [3.05, 3.63) is 0 Å². The average Bonchev–Trinajstić information content (AvgIpc) is 0.899. The van der Waals surface area contributed by atoms with Gasteiger partial charge in [0.2, 0.25) is 0 Å². The molecule has 0 aromatic rings. The normalized spacial score (nSPS) is 16.4. The van der Waals surface area contributed by atoms with Crippen LogP contribution in [0.1, 0.15) is 411 Å². The smallest absolute Gasteiger partial charge is 0.316 e. The quantitative estimate of drug-likeness (QED) is 0.0127. The standard InChI is InChI=1S/3C16H36N.C10H16O6S.C9H20N.2C9H14O6S.C9H16O5S.C8H14O5S.C7H18NO3/c3*1-5-9-13-17(14-10-6-2,15-11-7-3)16-12-8-4;11-9-4-2-8(3-5-9)10(12)16-6-1-7-17(13,14)15;1-10(2,3)9-7-5-4-6-8-9;10-8-3-1-7(2-4-8)9(11)15-5-6-16(12,13)14;10-8-4-2-1-3-7(8)9(11)15-5-6-16(12,13)14;10-9(8-4-2-1-3-5-8)14-6-7-15(11,12)13;9-8(7-3-1-2-4-7)13-5-6-14(10,11)12;1-8(2-5-9,3-6-10)4-7-11/h3*5-16H2,1-4H3;8H,1-7H2,(H,13,14,15);9H,4-8H2,1-3H3;2*7H,1-6H2,(H,12,13,14);8H,1-7H2,(H,11,12,13);7H,1-6H2,(H,10,11,12);9-11H,2-7H2,1H3/q3*+1;;+1;;;;;+1/p-5. The number of ketones is 3. The molecule has 0 aromatic heterocycles. The van der Waals surface area contributed by atoms with E-state index < -0.39 is 116 Å². The van der Waals surface area contributed by atoms with Crippen LogP contribution in [0.4, 0.5) is 0 Å². The number of hydrogen-bond acceptors (Lipinski definition) is 31. The molecule has 6 aliphatic carbocycles. The van der Waals surface area contributed by atoms with Crippen molar-refractivity contribution in [2.45, 2.75) is 417 Å². The predicted molar refractivity (Wildman–Crippen MR) is 587 cm³/mol. The molecular weight excluding hydrogens is 2040 g/mol. The molecule has 6 aliphatic rings. The molecule has 1 unspecified atom stereocenters. The summed E-state index contributed by atoms with van der Waals surface area (Å²) < 4.78 is 183. The fourth-order valence-electron chi connectivity index (χ4n) is 18.9. The minimum absolute atomic E-state index is 0.0171. The molecule has 0 spiro atoms. The number of nitrogens with zero attached hydrogens (tertiary/aromatic N) is 5. The lowest BCUT2D eigenvalue weighted by atomic mass is 9.88. The summed E-state index contributed by atoms with van der Waals surface area (Å²) in [5.41, 5.74) is 0. The summed E-state index contributed by atoms with van der Waals surface area (Å²) in [6.45, 7) is 45.5. The number of esters is 5. The highest BCUT2D eigenvalue weighted by molar-refractivity contribution is 7.86. The average molecular weight is 2250 g/mol. The summed E-state index contributed by atoms with van der Waals surface area (Å²) in [5.74, 6) is -7.07. The Morgan fingerprint density at radius 2 is 0.467 bits per heavy atom. The Balaban J connectivity index is -0.000000792. The van der Waals surface area contributed by atoms with Crippen LogP contribution in [0.2, 0.25) is 0 Å². The van der Waals surface area contributed by atoms with Crippen molar-refractivity contribution < 1.29 is 165 Å². The zero-order valence-corrected chi connectivity index (χ0v) is 100. The van der Waals surface area contributed by atoms with Crippen molar-refractivity contribution in [1.29, 1.82) is 0 Å². The first-order valence-electron chi connectivity index (χ1n) is 57.8. The van der Waals surface area contributed by atoms with E-state index in [1.54, 1.807) is 0 Å². The number of carbonyl (C=O) groups excluding carboxylic acids is 8. The molecule has 0 radical (unpaired) electrons. The number of ether oxygens (including phenoxy) is 5. The Morgan fingerprint density at radius 3 is 0.673 bits per heavy atom. The molecule has 6 rings (SSSR count). The molecule has 41 heteroatoms. The molecule has 0 saturated heterocycles. The van der Waals surface area contributed by atoms with E-state index in [9.17, 15) is 103 Å². The van der Waals surface area contributed by atoms with Crippen molar-refractivity contribution >= 4 is 97.8 Å². The minimum Gasteiger partial charge on any atom is -0.748 e. The molecule has 0 heterocycles. The highest BCUT2D eigenvalue weighted by Gasteiger charge is 2.34. The van der Waals surface area contributed by atoms with Gasteiger partial charge in [0.25, 0.3) is 0 Å². The van der Waals surface area contributed by atoms with Gasteiger partial charge in [0.1, 0.15) is 69.3 Å². The van der Waals surface area contributed by atoms with Crippen molar-refractivity contribution in [3.8, 4) is 0 Å². The molecule has 6 fully saturated rings. The van der Waals surface area contributed by atoms with Crippen molar-refractivity contribution in [3.63, 3.8) is 0 Å². The number of likely N-dealkylation sites (N-methyl/N-ethyl adjacent to an activating group) is 1. The number of hydrogen-bond donors (Lipinski definition) is 3. The summed E-state index contributed by atoms with van der Waals surface area (Å²) in [4.78, 5) is 89.9. The van der Waals surface area contributed by atoms with Gasteiger partial charge in [-0.2, -0.15) is 0 Å². The van der Waals surface area contributed by atoms with Crippen LogP contribution >= 0.6 is 0 Å². The molecule has 1 atom stereocenters. The fourth-order valence-corrected chi connectivity index (χ4v) is 20.5. The van der Waals surface area contributed by atoms with Gasteiger partial charge in [-0.05, 0) is 173 Å². The molecule has 0 aromatic carbocycles. The Kier molecular flexibility index (Phi) is 91.5. The van der Waals surface area contributed by atoms with Gasteiger partial charge in [0, 0.05) is 37.9 Å². The first kappa shape index (κ1) is 152. The van der Waals surface area contributed by atoms with Crippen molar-refractivity contribution in [1.82, 2.24) is 0 Å².